The van der Waals surface area contributed by atoms with Crippen molar-refractivity contribution in [3.8, 4) is 0 Å². The number of hydrogen-bond acceptors (Lipinski definition) is 4. The lowest BCUT2D eigenvalue weighted by Crippen LogP contribution is -2.39. The van der Waals surface area contributed by atoms with Crippen molar-refractivity contribution in [3.05, 3.63) is 0 Å². The molecule has 3 N–H and O–H groups in total. The molecule has 1 aliphatic heterocycles. The van der Waals surface area contributed by atoms with Crippen LogP contribution in [0.3, 0.4) is 0 Å². The van der Waals surface area contributed by atoms with Crippen LogP contribution in [0.25, 0.3) is 0 Å². The molecule has 0 aromatic heterocycles. The average molecular weight is 244 g/mol. The van der Waals surface area contributed by atoms with Crippen LogP contribution in [0.15, 0.2) is 0 Å². The van der Waals surface area contributed by atoms with Crippen LogP contribution in [0, 0.1) is 5.92 Å². The molecule has 0 aromatic rings. The van der Waals surface area contributed by atoms with Gasteiger partial charge in [-0.25, -0.2) is 4.79 Å². The Balaban J connectivity index is 2.21. The number of carbonyl (C=O) groups is 2. The van der Waals surface area contributed by atoms with E-state index in [-0.39, 0.29) is 12.5 Å². The molecule has 1 unspecified atom stereocenters. The van der Waals surface area contributed by atoms with E-state index in [1.807, 2.05) is 0 Å². The Labute approximate surface area is 101 Å². The SMILES string of the molecule is COC(CNC(=O)CC1CCNCC1)C(=O)O. The molecule has 1 aliphatic rings. The fraction of sp³-hybridized carbons (Fsp3) is 0.818. The summed E-state index contributed by atoms with van der Waals surface area (Å²) in [6, 6.07) is 0. The number of carbonyl (C=O) groups excluding carboxylic acids is 1. The number of methoxy groups -OCH3 is 1. The summed E-state index contributed by atoms with van der Waals surface area (Å²) in [7, 11) is 1.32. The molecule has 98 valence electrons. The zero-order valence-electron chi connectivity index (χ0n) is 10.1. The van der Waals surface area contributed by atoms with Crippen LogP contribution in [0.1, 0.15) is 19.3 Å². The number of nitrogens with one attached hydrogen (secondary N) is 2. The van der Waals surface area contributed by atoms with Crippen LogP contribution in [-0.2, 0) is 14.3 Å². The molecule has 1 heterocycles. The molecule has 0 radical (unpaired) electrons. The summed E-state index contributed by atoms with van der Waals surface area (Å²) in [5.74, 6) is -0.753. The Kier molecular flexibility index (Phi) is 5.93. The van der Waals surface area contributed by atoms with Crippen molar-refractivity contribution in [1.82, 2.24) is 10.6 Å². The summed E-state index contributed by atoms with van der Waals surface area (Å²) in [4.78, 5) is 22.2. The highest BCUT2D eigenvalue weighted by atomic mass is 16.5. The Hall–Kier alpha value is -1.14. The van der Waals surface area contributed by atoms with Gasteiger partial charge in [-0.3, -0.25) is 4.79 Å². The van der Waals surface area contributed by atoms with E-state index in [1.54, 1.807) is 0 Å². The fourth-order valence-corrected chi connectivity index (χ4v) is 1.90. The molecule has 17 heavy (non-hydrogen) atoms. The van der Waals surface area contributed by atoms with Gasteiger partial charge in [0.1, 0.15) is 0 Å². The fourth-order valence-electron chi connectivity index (χ4n) is 1.90. The van der Waals surface area contributed by atoms with Gasteiger partial charge in [-0.05, 0) is 31.8 Å². The molecule has 1 fully saturated rings. The van der Waals surface area contributed by atoms with E-state index in [9.17, 15) is 9.59 Å². The quantitative estimate of drug-likeness (QED) is 0.591. The van der Waals surface area contributed by atoms with Crippen molar-refractivity contribution < 1.29 is 19.4 Å². The first-order valence-corrected chi connectivity index (χ1v) is 5.86. The highest BCUT2D eigenvalue weighted by Crippen LogP contribution is 2.15. The number of carboxylic acids is 1. The number of ether oxygens (including phenoxy) is 1. The number of piperidine rings is 1. The number of carboxylic acid groups (broad SMARTS) is 1. The lowest BCUT2D eigenvalue weighted by Gasteiger charge is -2.22. The maximum absolute atomic E-state index is 11.6. The molecule has 0 saturated carbocycles. The molecule has 1 atom stereocenters. The smallest absolute Gasteiger partial charge is 0.334 e. The zero-order chi connectivity index (χ0) is 12.7. The minimum Gasteiger partial charge on any atom is -0.479 e. The second kappa shape index (κ2) is 7.24. The zero-order valence-corrected chi connectivity index (χ0v) is 10.1. The predicted octanol–water partition coefficient (Wildman–Crippen LogP) is -0.408. The second-order valence-electron chi connectivity index (χ2n) is 4.26. The standard InChI is InChI=1S/C11H20N2O4/c1-17-9(11(15)16)7-13-10(14)6-8-2-4-12-5-3-8/h8-9,12H,2-7H2,1H3,(H,13,14)(H,15,16). The van der Waals surface area contributed by atoms with E-state index in [4.69, 9.17) is 9.84 Å². The first-order valence-electron chi connectivity index (χ1n) is 5.86. The number of amides is 1. The van der Waals surface area contributed by atoms with E-state index < -0.39 is 12.1 Å². The summed E-state index contributed by atoms with van der Waals surface area (Å²) >= 11 is 0. The lowest BCUT2D eigenvalue weighted by molar-refractivity contribution is -0.148. The Morgan fingerprint density at radius 3 is 2.65 bits per heavy atom. The minimum absolute atomic E-state index is 0.0234. The van der Waals surface area contributed by atoms with Crippen molar-refractivity contribution in [3.63, 3.8) is 0 Å². The summed E-state index contributed by atoms with van der Waals surface area (Å²) in [5, 5.41) is 14.6. The van der Waals surface area contributed by atoms with Gasteiger partial charge in [-0.1, -0.05) is 0 Å². The maximum Gasteiger partial charge on any atom is 0.334 e. The Morgan fingerprint density at radius 1 is 1.47 bits per heavy atom. The van der Waals surface area contributed by atoms with Crippen LogP contribution in [0.4, 0.5) is 0 Å². The molecule has 1 amide bonds. The van der Waals surface area contributed by atoms with E-state index >= 15 is 0 Å². The molecular weight excluding hydrogens is 224 g/mol. The predicted molar refractivity (Wildman–Crippen MR) is 61.7 cm³/mol. The van der Waals surface area contributed by atoms with Gasteiger partial charge in [-0.15, -0.1) is 0 Å². The topological polar surface area (TPSA) is 87.7 Å². The normalized spacial score (nSPS) is 18.6. The lowest BCUT2D eigenvalue weighted by atomic mass is 9.94. The van der Waals surface area contributed by atoms with E-state index in [0.29, 0.717) is 12.3 Å². The van der Waals surface area contributed by atoms with Crippen LogP contribution in [0.2, 0.25) is 0 Å². The number of aliphatic carboxylic acids is 1. The van der Waals surface area contributed by atoms with Gasteiger partial charge in [0.05, 0.1) is 6.54 Å². The first-order chi connectivity index (χ1) is 8.13. The van der Waals surface area contributed by atoms with Crippen molar-refractivity contribution in [2.45, 2.75) is 25.4 Å². The molecule has 6 heteroatoms. The summed E-state index contributed by atoms with van der Waals surface area (Å²) in [5.41, 5.74) is 0. The van der Waals surface area contributed by atoms with E-state index in [0.717, 1.165) is 25.9 Å². The van der Waals surface area contributed by atoms with E-state index in [1.165, 1.54) is 7.11 Å². The first kappa shape index (κ1) is 13.9. The van der Waals surface area contributed by atoms with Gasteiger partial charge in [0.25, 0.3) is 0 Å². The monoisotopic (exact) mass is 244 g/mol. The summed E-state index contributed by atoms with van der Waals surface area (Å²) in [6.45, 7) is 1.93. The van der Waals surface area contributed by atoms with Crippen LogP contribution < -0.4 is 10.6 Å². The molecule has 6 nitrogen and oxygen atoms in total. The van der Waals surface area contributed by atoms with Gasteiger partial charge in [0.15, 0.2) is 6.10 Å². The summed E-state index contributed by atoms with van der Waals surface area (Å²) in [6.07, 6.45) is 1.50. The van der Waals surface area contributed by atoms with Gasteiger partial charge >= 0.3 is 5.97 Å². The highest BCUT2D eigenvalue weighted by Gasteiger charge is 2.20. The van der Waals surface area contributed by atoms with Gasteiger partial charge in [0.2, 0.25) is 5.91 Å². The third kappa shape index (κ3) is 5.14. The van der Waals surface area contributed by atoms with Gasteiger partial charge < -0.3 is 20.5 Å². The van der Waals surface area contributed by atoms with Crippen LogP contribution >= 0.6 is 0 Å². The van der Waals surface area contributed by atoms with E-state index in [2.05, 4.69) is 10.6 Å². The summed E-state index contributed by atoms with van der Waals surface area (Å²) < 4.78 is 4.73. The molecule has 0 spiro atoms. The second-order valence-corrected chi connectivity index (χ2v) is 4.26. The van der Waals surface area contributed by atoms with Gasteiger partial charge in [-0.2, -0.15) is 0 Å². The molecule has 1 saturated heterocycles. The Bertz CT molecular complexity index is 264. The van der Waals surface area contributed by atoms with Crippen molar-refractivity contribution in [2.75, 3.05) is 26.7 Å². The van der Waals surface area contributed by atoms with Crippen LogP contribution in [-0.4, -0.2) is 49.8 Å². The molecule has 1 rings (SSSR count). The highest BCUT2D eigenvalue weighted by molar-refractivity contribution is 5.78. The van der Waals surface area contributed by atoms with Crippen molar-refractivity contribution >= 4 is 11.9 Å². The third-order valence-corrected chi connectivity index (χ3v) is 2.98. The van der Waals surface area contributed by atoms with Gasteiger partial charge in [0, 0.05) is 13.5 Å². The number of rotatable bonds is 6. The van der Waals surface area contributed by atoms with Crippen LogP contribution in [0.5, 0.6) is 0 Å². The average Bonchev–Trinajstić information content (AvgIpc) is 2.30. The van der Waals surface area contributed by atoms with Crippen molar-refractivity contribution in [2.24, 2.45) is 5.92 Å². The molecule has 0 bridgehead atoms. The third-order valence-electron chi connectivity index (χ3n) is 2.98. The largest absolute Gasteiger partial charge is 0.479 e. The molecule has 0 aromatic carbocycles. The molecule has 0 aliphatic carbocycles. The number of hydrogen-bond donors (Lipinski definition) is 3. The van der Waals surface area contributed by atoms with Crippen molar-refractivity contribution in [1.29, 1.82) is 0 Å². The maximum atomic E-state index is 11.6. The Morgan fingerprint density at radius 2 is 2.12 bits per heavy atom. The minimum atomic E-state index is -1.06. The molecular formula is C11H20N2O4.